The minimum absolute atomic E-state index is 0.128. The van der Waals surface area contributed by atoms with Gasteiger partial charge in [0, 0.05) is 26.6 Å². The molecule has 0 aromatic carbocycles. The standard InChI is InChI=1S/C13H22N2O2S/c1-11(17-2)4-5-12(16)15-8-6-13(10-14,18-3)7-9-15/h11H,4-9H2,1-3H3. The van der Waals surface area contributed by atoms with Crippen molar-refractivity contribution in [1.29, 1.82) is 5.26 Å². The number of carbonyl (C=O) groups is 1. The van der Waals surface area contributed by atoms with Crippen LogP contribution in [0.1, 0.15) is 32.6 Å². The molecular weight excluding hydrogens is 248 g/mol. The van der Waals surface area contributed by atoms with Crippen molar-refractivity contribution in [2.45, 2.75) is 43.5 Å². The molecule has 18 heavy (non-hydrogen) atoms. The first kappa shape index (κ1) is 15.3. The molecule has 1 unspecified atom stereocenters. The summed E-state index contributed by atoms with van der Waals surface area (Å²) in [5.74, 6) is 0.187. The maximum atomic E-state index is 12.0. The lowest BCUT2D eigenvalue weighted by Gasteiger charge is -2.36. The van der Waals surface area contributed by atoms with Crippen molar-refractivity contribution in [3.8, 4) is 6.07 Å². The molecule has 4 nitrogen and oxygen atoms in total. The molecule has 0 radical (unpaired) electrons. The second-order valence-electron chi connectivity index (χ2n) is 4.78. The zero-order valence-corrected chi connectivity index (χ0v) is 12.3. The number of hydrogen-bond acceptors (Lipinski definition) is 4. The number of thioether (sulfide) groups is 1. The fourth-order valence-corrected chi connectivity index (χ4v) is 2.76. The molecule has 102 valence electrons. The molecule has 0 spiro atoms. The summed E-state index contributed by atoms with van der Waals surface area (Å²) in [4.78, 5) is 13.9. The molecule has 0 aliphatic carbocycles. The lowest BCUT2D eigenvalue weighted by Crippen LogP contribution is -2.44. The number of nitriles is 1. The van der Waals surface area contributed by atoms with E-state index in [-0.39, 0.29) is 16.8 Å². The molecule has 1 fully saturated rings. The van der Waals surface area contributed by atoms with E-state index in [0.717, 1.165) is 19.3 Å². The summed E-state index contributed by atoms with van der Waals surface area (Å²) in [6.07, 6.45) is 4.95. The normalized spacial score (nSPS) is 20.2. The first-order valence-corrected chi connectivity index (χ1v) is 7.56. The average molecular weight is 270 g/mol. The van der Waals surface area contributed by atoms with Crippen LogP contribution < -0.4 is 0 Å². The van der Waals surface area contributed by atoms with Crippen LogP contribution in [-0.4, -0.2) is 48.1 Å². The summed E-state index contributed by atoms with van der Waals surface area (Å²) in [5, 5.41) is 9.18. The Hall–Kier alpha value is -0.730. The topological polar surface area (TPSA) is 53.3 Å². The summed E-state index contributed by atoms with van der Waals surface area (Å²) in [6.45, 7) is 3.38. The van der Waals surface area contributed by atoms with E-state index in [4.69, 9.17) is 4.74 Å². The number of ether oxygens (including phenoxy) is 1. The molecule has 1 heterocycles. The van der Waals surface area contributed by atoms with Crippen LogP contribution in [0.25, 0.3) is 0 Å². The molecule has 0 saturated carbocycles. The Morgan fingerprint density at radius 2 is 2.17 bits per heavy atom. The van der Waals surface area contributed by atoms with Gasteiger partial charge >= 0.3 is 0 Å². The third-order valence-electron chi connectivity index (χ3n) is 3.69. The van der Waals surface area contributed by atoms with Crippen LogP contribution in [0.15, 0.2) is 0 Å². The SMILES string of the molecule is COC(C)CCC(=O)N1CCC(C#N)(SC)CC1. The Bertz CT molecular complexity index is 319. The Morgan fingerprint density at radius 1 is 1.56 bits per heavy atom. The molecule has 0 N–H and O–H groups in total. The van der Waals surface area contributed by atoms with Gasteiger partial charge in [0.05, 0.1) is 12.2 Å². The van der Waals surface area contributed by atoms with Crippen molar-refractivity contribution in [2.75, 3.05) is 26.5 Å². The first-order chi connectivity index (χ1) is 8.56. The Balaban J connectivity index is 2.39. The van der Waals surface area contributed by atoms with Gasteiger partial charge in [-0.05, 0) is 32.4 Å². The van der Waals surface area contributed by atoms with Crippen molar-refractivity contribution >= 4 is 17.7 Å². The highest BCUT2D eigenvalue weighted by molar-refractivity contribution is 8.00. The molecule has 1 saturated heterocycles. The van der Waals surface area contributed by atoms with Gasteiger partial charge in [-0.1, -0.05) is 0 Å². The van der Waals surface area contributed by atoms with Gasteiger partial charge in [0.15, 0.2) is 0 Å². The molecule has 5 heteroatoms. The fraction of sp³-hybridized carbons (Fsp3) is 0.846. The van der Waals surface area contributed by atoms with Crippen molar-refractivity contribution < 1.29 is 9.53 Å². The van der Waals surface area contributed by atoms with Gasteiger partial charge in [0.1, 0.15) is 4.75 Å². The van der Waals surface area contributed by atoms with E-state index in [2.05, 4.69) is 6.07 Å². The molecule has 0 aromatic heterocycles. The van der Waals surface area contributed by atoms with Crippen LogP contribution in [0.3, 0.4) is 0 Å². The van der Waals surface area contributed by atoms with Crippen LogP contribution in [0.2, 0.25) is 0 Å². The van der Waals surface area contributed by atoms with Crippen LogP contribution in [0, 0.1) is 11.3 Å². The maximum absolute atomic E-state index is 12.0. The van der Waals surface area contributed by atoms with E-state index >= 15 is 0 Å². The van der Waals surface area contributed by atoms with E-state index in [1.54, 1.807) is 18.9 Å². The van der Waals surface area contributed by atoms with E-state index in [1.807, 2.05) is 18.1 Å². The monoisotopic (exact) mass is 270 g/mol. The van der Waals surface area contributed by atoms with E-state index in [9.17, 15) is 10.1 Å². The average Bonchev–Trinajstić information content (AvgIpc) is 2.44. The number of amides is 1. The second kappa shape index (κ2) is 7.01. The highest BCUT2D eigenvalue weighted by atomic mass is 32.2. The molecule has 1 aliphatic heterocycles. The maximum Gasteiger partial charge on any atom is 0.222 e. The molecule has 1 amide bonds. The summed E-state index contributed by atoms with van der Waals surface area (Å²) < 4.78 is 4.86. The lowest BCUT2D eigenvalue weighted by molar-refractivity contribution is -0.132. The van der Waals surface area contributed by atoms with Gasteiger partial charge in [-0.15, -0.1) is 11.8 Å². The van der Waals surface area contributed by atoms with Crippen molar-refractivity contribution in [3.63, 3.8) is 0 Å². The third-order valence-corrected chi connectivity index (χ3v) is 4.97. The van der Waals surface area contributed by atoms with Crippen LogP contribution in [0.4, 0.5) is 0 Å². The summed E-state index contributed by atoms with van der Waals surface area (Å²) >= 11 is 1.61. The van der Waals surface area contributed by atoms with Crippen LogP contribution in [-0.2, 0) is 9.53 Å². The molecule has 1 rings (SSSR count). The highest BCUT2D eigenvalue weighted by Gasteiger charge is 2.35. The fourth-order valence-electron chi connectivity index (χ4n) is 2.08. The molecule has 0 aromatic rings. The number of methoxy groups -OCH3 is 1. The third kappa shape index (κ3) is 3.89. The van der Waals surface area contributed by atoms with Gasteiger partial charge < -0.3 is 9.64 Å². The van der Waals surface area contributed by atoms with Gasteiger partial charge in [-0.2, -0.15) is 5.26 Å². The zero-order chi connectivity index (χ0) is 13.6. The summed E-state index contributed by atoms with van der Waals surface area (Å²) in [7, 11) is 1.66. The Labute approximate surface area is 114 Å². The van der Waals surface area contributed by atoms with Crippen molar-refractivity contribution in [1.82, 2.24) is 4.90 Å². The number of piperidine rings is 1. The minimum Gasteiger partial charge on any atom is -0.382 e. The van der Waals surface area contributed by atoms with E-state index in [1.165, 1.54) is 0 Å². The van der Waals surface area contributed by atoms with E-state index in [0.29, 0.717) is 19.5 Å². The Morgan fingerprint density at radius 3 is 2.61 bits per heavy atom. The van der Waals surface area contributed by atoms with Gasteiger partial charge in [-0.3, -0.25) is 4.79 Å². The van der Waals surface area contributed by atoms with Crippen LogP contribution >= 0.6 is 11.8 Å². The largest absolute Gasteiger partial charge is 0.382 e. The summed E-state index contributed by atoms with van der Waals surface area (Å²) in [6, 6.07) is 2.39. The predicted octanol–water partition coefficient (Wildman–Crippen LogP) is 2.05. The first-order valence-electron chi connectivity index (χ1n) is 6.34. The summed E-state index contributed by atoms with van der Waals surface area (Å²) in [5.41, 5.74) is 0. The lowest BCUT2D eigenvalue weighted by atomic mass is 9.97. The van der Waals surface area contributed by atoms with E-state index < -0.39 is 0 Å². The molecular formula is C13H22N2O2S. The molecule has 1 atom stereocenters. The predicted molar refractivity (Wildman–Crippen MR) is 73.4 cm³/mol. The number of likely N-dealkylation sites (tertiary alicyclic amines) is 1. The zero-order valence-electron chi connectivity index (χ0n) is 11.4. The molecule has 0 bridgehead atoms. The quantitative estimate of drug-likeness (QED) is 0.767. The van der Waals surface area contributed by atoms with Gasteiger partial charge in [0.25, 0.3) is 0 Å². The van der Waals surface area contributed by atoms with Crippen molar-refractivity contribution in [3.05, 3.63) is 0 Å². The molecule has 1 aliphatic rings. The highest BCUT2D eigenvalue weighted by Crippen LogP contribution is 2.33. The van der Waals surface area contributed by atoms with Gasteiger partial charge in [0.2, 0.25) is 5.91 Å². The number of carbonyl (C=O) groups excluding carboxylic acids is 1. The smallest absolute Gasteiger partial charge is 0.222 e. The minimum atomic E-state index is -0.281. The number of rotatable bonds is 5. The second-order valence-corrected chi connectivity index (χ2v) is 5.97. The van der Waals surface area contributed by atoms with Crippen molar-refractivity contribution in [2.24, 2.45) is 0 Å². The Kier molecular flexibility index (Phi) is 5.97. The van der Waals surface area contributed by atoms with Crippen LogP contribution in [0.5, 0.6) is 0 Å². The number of nitrogens with zero attached hydrogens (tertiary/aromatic N) is 2. The number of hydrogen-bond donors (Lipinski definition) is 0. The van der Waals surface area contributed by atoms with Gasteiger partial charge in [-0.25, -0.2) is 0 Å².